The van der Waals surface area contributed by atoms with Crippen molar-refractivity contribution in [1.82, 2.24) is 5.32 Å². The molecule has 1 fully saturated rings. The van der Waals surface area contributed by atoms with Gasteiger partial charge in [0.2, 0.25) is 0 Å². The van der Waals surface area contributed by atoms with E-state index in [9.17, 15) is 9.59 Å². The summed E-state index contributed by atoms with van der Waals surface area (Å²) in [6.07, 6.45) is 1.59. The van der Waals surface area contributed by atoms with Crippen molar-refractivity contribution in [3.8, 4) is 11.5 Å². The van der Waals surface area contributed by atoms with E-state index in [0.29, 0.717) is 34.4 Å². The first-order chi connectivity index (χ1) is 12.5. The molecule has 0 atom stereocenters. The van der Waals surface area contributed by atoms with Crippen LogP contribution in [0.15, 0.2) is 48.2 Å². The zero-order valence-electron chi connectivity index (χ0n) is 14.3. The van der Waals surface area contributed by atoms with E-state index < -0.39 is 11.9 Å². The molecule has 1 N–H and O–H groups in total. The van der Waals surface area contributed by atoms with E-state index >= 15 is 0 Å². The number of methoxy groups -OCH3 is 1. The fourth-order valence-corrected chi connectivity index (χ4v) is 2.78. The quantitative estimate of drug-likeness (QED) is 0.639. The highest BCUT2D eigenvalue weighted by atomic mass is 35.5. The van der Waals surface area contributed by atoms with Crippen LogP contribution in [0.3, 0.4) is 0 Å². The van der Waals surface area contributed by atoms with Gasteiger partial charge < -0.3 is 14.8 Å². The third-order valence-corrected chi connectivity index (χ3v) is 3.98. The van der Waals surface area contributed by atoms with Crippen LogP contribution in [0, 0.1) is 0 Å². The van der Waals surface area contributed by atoms with Crippen LogP contribution in [-0.2, 0) is 4.79 Å². The normalized spacial score (nSPS) is 15.3. The number of imide groups is 1. The molecular formula is C19H17ClN2O4. The standard InChI is InChI=1S/C19H17ClN2O4/c1-3-26-16-8-7-12(10-17(16)25-2)9-15-18(23)22(19(24)21-15)14-6-4-5-13(20)11-14/h4-11H,3H2,1-2H3,(H,21,24). The molecule has 0 aliphatic carbocycles. The molecule has 134 valence electrons. The van der Waals surface area contributed by atoms with Gasteiger partial charge in [0, 0.05) is 5.02 Å². The van der Waals surface area contributed by atoms with E-state index in [1.165, 1.54) is 7.11 Å². The highest BCUT2D eigenvalue weighted by Gasteiger charge is 2.34. The largest absolute Gasteiger partial charge is 0.493 e. The summed E-state index contributed by atoms with van der Waals surface area (Å²) >= 11 is 5.95. The molecule has 0 radical (unpaired) electrons. The Labute approximate surface area is 156 Å². The average molecular weight is 373 g/mol. The molecule has 6 nitrogen and oxygen atoms in total. The van der Waals surface area contributed by atoms with Gasteiger partial charge in [-0.1, -0.05) is 23.7 Å². The van der Waals surface area contributed by atoms with Crippen molar-refractivity contribution in [1.29, 1.82) is 0 Å². The van der Waals surface area contributed by atoms with E-state index in [1.807, 2.05) is 6.92 Å². The number of carbonyl (C=O) groups is 2. The van der Waals surface area contributed by atoms with Crippen molar-refractivity contribution in [3.05, 3.63) is 58.7 Å². The molecule has 0 saturated carbocycles. The number of hydrogen-bond acceptors (Lipinski definition) is 4. The number of rotatable bonds is 5. The Morgan fingerprint density at radius 1 is 1.15 bits per heavy atom. The molecule has 1 saturated heterocycles. The number of halogens is 1. The summed E-state index contributed by atoms with van der Waals surface area (Å²) in [7, 11) is 1.54. The predicted molar refractivity (Wildman–Crippen MR) is 99.6 cm³/mol. The lowest BCUT2D eigenvalue weighted by atomic mass is 10.1. The van der Waals surface area contributed by atoms with Gasteiger partial charge in [-0.25, -0.2) is 9.69 Å². The van der Waals surface area contributed by atoms with Crippen LogP contribution in [0.2, 0.25) is 5.02 Å². The first-order valence-corrected chi connectivity index (χ1v) is 8.35. The van der Waals surface area contributed by atoms with Gasteiger partial charge in [-0.15, -0.1) is 0 Å². The molecule has 2 aromatic carbocycles. The molecule has 1 heterocycles. The molecule has 3 amide bonds. The third kappa shape index (κ3) is 3.50. The van der Waals surface area contributed by atoms with Crippen molar-refractivity contribution < 1.29 is 19.1 Å². The molecule has 0 aromatic heterocycles. The van der Waals surface area contributed by atoms with Crippen molar-refractivity contribution in [3.63, 3.8) is 0 Å². The molecule has 2 aromatic rings. The number of anilines is 1. The van der Waals surface area contributed by atoms with Gasteiger partial charge in [0.15, 0.2) is 11.5 Å². The van der Waals surface area contributed by atoms with Gasteiger partial charge >= 0.3 is 6.03 Å². The lowest BCUT2D eigenvalue weighted by molar-refractivity contribution is -0.113. The van der Waals surface area contributed by atoms with Crippen LogP contribution in [0.4, 0.5) is 10.5 Å². The van der Waals surface area contributed by atoms with Gasteiger partial charge in [0.05, 0.1) is 19.4 Å². The number of nitrogens with zero attached hydrogens (tertiary/aromatic N) is 1. The molecule has 0 bridgehead atoms. The highest BCUT2D eigenvalue weighted by Crippen LogP contribution is 2.30. The summed E-state index contributed by atoms with van der Waals surface area (Å²) in [5.74, 6) is 0.703. The minimum Gasteiger partial charge on any atom is -0.493 e. The summed E-state index contributed by atoms with van der Waals surface area (Å²) in [6.45, 7) is 2.40. The maximum absolute atomic E-state index is 12.6. The number of hydrogen-bond donors (Lipinski definition) is 1. The van der Waals surface area contributed by atoms with E-state index in [0.717, 1.165) is 4.90 Å². The first-order valence-electron chi connectivity index (χ1n) is 7.97. The Kier molecular flexibility index (Phi) is 5.14. The van der Waals surface area contributed by atoms with Gasteiger partial charge in [0.1, 0.15) is 5.70 Å². The van der Waals surface area contributed by atoms with Crippen LogP contribution >= 0.6 is 11.6 Å². The summed E-state index contributed by atoms with van der Waals surface area (Å²) < 4.78 is 10.8. The number of ether oxygens (including phenoxy) is 2. The number of carbonyl (C=O) groups excluding carboxylic acids is 2. The Morgan fingerprint density at radius 2 is 1.96 bits per heavy atom. The highest BCUT2D eigenvalue weighted by molar-refractivity contribution is 6.32. The molecule has 0 unspecified atom stereocenters. The zero-order valence-corrected chi connectivity index (χ0v) is 15.0. The molecule has 3 rings (SSSR count). The molecular weight excluding hydrogens is 356 g/mol. The summed E-state index contributed by atoms with van der Waals surface area (Å²) in [5, 5.41) is 3.02. The SMILES string of the molecule is CCOc1ccc(C=C2NC(=O)N(c3cccc(Cl)c3)C2=O)cc1OC. The number of benzene rings is 2. The third-order valence-electron chi connectivity index (χ3n) is 3.74. The lowest BCUT2D eigenvalue weighted by Gasteiger charge is -2.11. The van der Waals surface area contributed by atoms with Crippen molar-refractivity contribution in [2.24, 2.45) is 0 Å². The lowest BCUT2D eigenvalue weighted by Crippen LogP contribution is -2.30. The number of urea groups is 1. The second-order valence-electron chi connectivity index (χ2n) is 5.45. The number of amides is 3. The van der Waals surface area contributed by atoms with Crippen LogP contribution in [0.25, 0.3) is 6.08 Å². The Morgan fingerprint density at radius 3 is 2.65 bits per heavy atom. The van der Waals surface area contributed by atoms with Crippen LogP contribution in [0.5, 0.6) is 11.5 Å². The molecule has 1 aliphatic heterocycles. The van der Waals surface area contributed by atoms with Crippen LogP contribution < -0.4 is 19.7 Å². The van der Waals surface area contributed by atoms with E-state index in [1.54, 1.807) is 48.5 Å². The van der Waals surface area contributed by atoms with Crippen molar-refractivity contribution >= 4 is 35.3 Å². The average Bonchev–Trinajstić information content (AvgIpc) is 2.90. The maximum Gasteiger partial charge on any atom is 0.333 e. The number of nitrogens with one attached hydrogen (secondary N) is 1. The van der Waals surface area contributed by atoms with E-state index in [-0.39, 0.29) is 5.70 Å². The minimum atomic E-state index is -0.526. The van der Waals surface area contributed by atoms with Crippen molar-refractivity contribution in [2.45, 2.75) is 6.92 Å². The monoisotopic (exact) mass is 372 g/mol. The predicted octanol–water partition coefficient (Wildman–Crippen LogP) is 3.84. The van der Waals surface area contributed by atoms with E-state index in [4.69, 9.17) is 21.1 Å². The van der Waals surface area contributed by atoms with Crippen molar-refractivity contribution in [2.75, 3.05) is 18.6 Å². The van der Waals surface area contributed by atoms with Gasteiger partial charge in [0.25, 0.3) is 5.91 Å². The summed E-state index contributed by atoms with van der Waals surface area (Å²) in [5.41, 5.74) is 1.27. The molecule has 26 heavy (non-hydrogen) atoms. The van der Waals surface area contributed by atoms with Gasteiger partial charge in [-0.3, -0.25) is 4.79 Å². The smallest absolute Gasteiger partial charge is 0.333 e. The summed E-state index contributed by atoms with van der Waals surface area (Å²) in [6, 6.07) is 11.3. The van der Waals surface area contributed by atoms with Gasteiger partial charge in [-0.05, 0) is 48.9 Å². The molecule has 1 aliphatic rings. The fourth-order valence-electron chi connectivity index (χ4n) is 2.60. The van der Waals surface area contributed by atoms with Gasteiger partial charge in [-0.2, -0.15) is 0 Å². The topological polar surface area (TPSA) is 67.9 Å². The Bertz CT molecular complexity index is 895. The van der Waals surface area contributed by atoms with Crippen LogP contribution in [-0.4, -0.2) is 25.7 Å². The maximum atomic E-state index is 12.6. The van der Waals surface area contributed by atoms with E-state index in [2.05, 4.69) is 5.32 Å². The Hall–Kier alpha value is -2.99. The fraction of sp³-hybridized carbons (Fsp3) is 0.158. The summed E-state index contributed by atoms with van der Waals surface area (Å²) in [4.78, 5) is 25.9. The van der Waals surface area contributed by atoms with Crippen LogP contribution in [0.1, 0.15) is 12.5 Å². The zero-order chi connectivity index (χ0) is 18.7. The molecule has 0 spiro atoms. The Balaban J connectivity index is 1.90. The minimum absolute atomic E-state index is 0.168. The first kappa shape index (κ1) is 17.8. The second kappa shape index (κ2) is 7.49. The molecule has 7 heteroatoms. The second-order valence-corrected chi connectivity index (χ2v) is 5.89.